The normalized spacial score (nSPS) is 12.6. The number of aliphatic hydroxyl groups is 1. The van der Waals surface area contributed by atoms with Gasteiger partial charge in [0.25, 0.3) is 0 Å². The number of thiophene rings is 1. The van der Waals surface area contributed by atoms with Crippen molar-refractivity contribution in [3.8, 4) is 0 Å². The summed E-state index contributed by atoms with van der Waals surface area (Å²) in [5, 5.41) is 16.0. The summed E-state index contributed by atoms with van der Waals surface area (Å²) in [5.74, 6) is -0.0204. The molecule has 1 aromatic heterocycles. The second-order valence-corrected chi connectivity index (χ2v) is 6.13. The lowest BCUT2D eigenvalue weighted by Crippen LogP contribution is -2.28. The monoisotopic (exact) mass is 311 g/mol. The molecule has 0 fully saturated rings. The molecule has 0 aliphatic heterocycles. The Morgan fingerprint density at radius 3 is 3.05 bits per heavy atom. The van der Waals surface area contributed by atoms with Gasteiger partial charge in [-0.15, -0.1) is 11.3 Å². The van der Waals surface area contributed by atoms with E-state index < -0.39 is 0 Å². The molecular weight excluding hydrogens is 294 g/mol. The second kappa shape index (κ2) is 7.07. The molecule has 108 valence electrons. The third-order valence-corrected chi connectivity index (χ3v) is 4.49. The van der Waals surface area contributed by atoms with Crippen molar-refractivity contribution in [3.63, 3.8) is 0 Å². The van der Waals surface area contributed by atoms with Crippen LogP contribution < -0.4 is 5.32 Å². The highest BCUT2D eigenvalue weighted by atomic mass is 35.5. The average molecular weight is 312 g/mol. The van der Waals surface area contributed by atoms with Crippen molar-refractivity contribution in [2.24, 2.45) is 0 Å². The van der Waals surface area contributed by atoms with Crippen molar-refractivity contribution in [2.45, 2.75) is 32.3 Å². The van der Waals surface area contributed by atoms with E-state index in [1.165, 1.54) is 0 Å². The number of carbonyl (C=O) groups excluding carboxylic acids is 1. The molecule has 5 heteroatoms. The smallest absolute Gasteiger partial charge is 0.224 e. The van der Waals surface area contributed by atoms with E-state index in [-0.39, 0.29) is 12.0 Å². The van der Waals surface area contributed by atoms with Crippen molar-refractivity contribution >= 4 is 38.9 Å². The third kappa shape index (κ3) is 3.95. The van der Waals surface area contributed by atoms with Gasteiger partial charge in [-0.05, 0) is 47.4 Å². The van der Waals surface area contributed by atoms with Gasteiger partial charge in [0.15, 0.2) is 0 Å². The molecule has 0 saturated heterocycles. The summed E-state index contributed by atoms with van der Waals surface area (Å²) in [5.41, 5.74) is 1.00. The van der Waals surface area contributed by atoms with Crippen LogP contribution in [-0.2, 0) is 11.2 Å². The van der Waals surface area contributed by atoms with Crippen molar-refractivity contribution in [2.75, 3.05) is 6.54 Å². The van der Waals surface area contributed by atoms with Gasteiger partial charge in [-0.1, -0.05) is 18.5 Å². The van der Waals surface area contributed by atoms with Crippen LogP contribution in [0.4, 0.5) is 0 Å². The largest absolute Gasteiger partial charge is 0.393 e. The number of hydrogen-bond acceptors (Lipinski definition) is 3. The van der Waals surface area contributed by atoms with Gasteiger partial charge >= 0.3 is 0 Å². The van der Waals surface area contributed by atoms with Gasteiger partial charge in [0.2, 0.25) is 5.91 Å². The molecule has 2 rings (SSSR count). The molecule has 1 amide bonds. The minimum atomic E-state index is -0.337. The number of carbonyl (C=O) groups is 1. The molecule has 0 bridgehead atoms. The summed E-state index contributed by atoms with van der Waals surface area (Å²) in [6.07, 6.45) is 1.32. The number of halogens is 1. The summed E-state index contributed by atoms with van der Waals surface area (Å²) in [4.78, 5) is 11.9. The number of aliphatic hydroxyl groups excluding tert-OH is 1. The zero-order valence-electron chi connectivity index (χ0n) is 11.4. The zero-order valence-corrected chi connectivity index (χ0v) is 12.9. The SMILES string of the molecule is CCC(O)CCNC(=O)Cc1csc2ccc(Cl)cc12. The van der Waals surface area contributed by atoms with E-state index in [4.69, 9.17) is 11.6 Å². The quantitative estimate of drug-likeness (QED) is 0.859. The molecule has 20 heavy (non-hydrogen) atoms. The molecule has 0 saturated carbocycles. The Kier molecular flexibility index (Phi) is 5.40. The van der Waals surface area contributed by atoms with Crippen LogP contribution in [0.25, 0.3) is 10.1 Å². The molecule has 1 aromatic carbocycles. The Morgan fingerprint density at radius 1 is 1.50 bits per heavy atom. The van der Waals surface area contributed by atoms with Crippen LogP contribution in [0.3, 0.4) is 0 Å². The molecule has 0 aliphatic rings. The number of fused-ring (bicyclic) bond motifs is 1. The molecule has 2 aromatic rings. The van der Waals surface area contributed by atoms with E-state index in [2.05, 4.69) is 5.32 Å². The Balaban J connectivity index is 1.94. The van der Waals surface area contributed by atoms with Gasteiger partial charge in [0.1, 0.15) is 0 Å². The number of rotatable bonds is 6. The first kappa shape index (κ1) is 15.3. The fourth-order valence-corrected chi connectivity index (χ4v) is 3.12. The fraction of sp³-hybridized carbons (Fsp3) is 0.400. The predicted molar refractivity (Wildman–Crippen MR) is 84.5 cm³/mol. The molecule has 2 N–H and O–H groups in total. The van der Waals surface area contributed by atoms with Crippen LogP contribution >= 0.6 is 22.9 Å². The Bertz CT molecular complexity index is 597. The topological polar surface area (TPSA) is 49.3 Å². The summed E-state index contributed by atoms with van der Waals surface area (Å²) in [6.45, 7) is 2.43. The number of benzene rings is 1. The molecule has 1 atom stereocenters. The van der Waals surface area contributed by atoms with Crippen LogP contribution in [0.1, 0.15) is 25.3 Å². The molecular formula is C15H18ClNO2S. The highest BCUT2D eigenvalue weighted by Gasteiger charge is 2.10. The van der Waals surface area contributed by atoms with E-state index in [9.17, 15) is 9.90 Å². The van der Waals surface area contributed by atoms with E-state index >= 15 is 0 Å². The van der Waals surface area contributed by atoms with Gasteiger partial charge < -0.3 is 10.4 Å². The first-order chi connectivity index (χ1) is 9.60. The average Bonchev–Trinajstić information content (AvgIpc) is 2.81. The van der Waals surface area contributed by atoms with Gasteiger partial charge in [0.05, 0.1) is 12.5 Å². The second-order valence-electron chi connectivity index (χ2n) is 4.78. The van der Waals surface area contributed by atoms with Gasteiger partial charge in [0, 0.05) is 16.3 Å². The summed E-state index contributed by atoms with van der Waals surface area (Å²) in [7, 11) is 0. The van der Waals surface area contributed by atoms with E-state index in [0.717, 1.165) is 15.6 Å². The number of nitrogens with one attached hydrogen (secondary N) is 1. The highest BCUT2D eigenvalue weighted by molar-refractivity contribution is 7.17. The lowest BCUT2D eigenvalue weighted by atomic mass is 10.1. The summed E-state index contributed by atoms with van der Waals surface area (Å²) < 4.78 is 1.14. The molecule has 1 heterocycles. The van der Waals surface area contributed by atoms with E-state index in [1.807, 2.05) is 30.5 Å². The number of amides is 1. The van der Waals surface area contributed by atoms with Crippen molar-refractivity contribution < 1.29 is 9.90 Å². The Labute approximate surface area is 127 Å². The maximum Gasteiger partial charge on any atom is 0.224 e. The van der Waals surface area contributed by atoms with Crippen LogP contribution in [0.5, 0.6) is 0 Å². The lowest BCUT2D eigenvalue weighted by Gasteiger charge is -2.08. The first-order valence-corrected chi connectivity index (χ1v) is 7.96. The minimum absolute atomic E-state index is 0.0204. The molecule has 3 nitrogen and oxygen atoms in total. The lowest BCUT2D eigenvalue weighted by molar-refractivity contribution is -0.120. The maximum absolute atomic E-state index is 11.9. The fourth-order valence-electron chi connectivity index (χ4n) is 2.01. The highest BCUT2D eigenvalue weighted by Crippen LogP contribution is 2.28. The molecule has 1 unspecified atom stereocenters. The number of hydrogen-bond donors (Lipinski definition) is 2. The minimum Gasteiger partial charge on any atom is -0.393 e. The van der Waals surface area contributed by atoms with E-state index in [1.54, 1.807) is 11.3 Å². The van der Waals surface area contributed by atoms with Gasteiger partial charge in [-0.25, -0.2) is 0 Å². The first-order valence-electron chi connectivity index (χ1n) is 6.70. The summed E-state index contributed by atoms with van der Waals surface area (Å²) >= 11 is 7.61. The molecule has 0 radical (unpaired) electrons. The molecule has 0 aliphatic carbocycles. The molecule has 0 spiro atoms. The van der Waals surface area contributed by atoms with Crippen molar-refractivity contribution in [1.82, 2.24) is 5.32 Å². The third-order valence-electron chi connectivity index (χ3n) is 3.24. The van der Waals surface area contributed by atoms with Crippen LogP contribution in [-0.4, -0.2) is 23.7 Å². The zero-order chi connectivity index (χ0) is 14.5. The van der Waals surface area contributed by atoms with E-state index in [0.29, 0.717) is 30.8 Å². The van der Waals surface area contributed by atoms with Crippen molar-refractivity contribution in [3.05, 3.63) is 34.2 Å². The maximum atomic E-state index is 11.9. The Morgan fingerprint density at radius 2 is 2.30 bits per heavy atom. The van der Waals surface area contributed by atoms with Gasteiger partial charge in [-0.2, -0.15) is 0 Å². The predicted octanol–water partition coefficient (Wildman–Crippen LogP) is 3.37. The van der Waals surface area contributed by atoms with Crippen LogP contribution in [0.15, 0.2) is 23.6 Å². The standard InChI is InChI=1S/C15H18ClNO2S/c1-2-12(18)5-6-17-15(19)7-10-9-20-14-4-3-11(16)8-13(10)14/h3-4,8-9,12,18H,2,5-7H2,1H3,(H,17,19). The Hall–Kier alpha value is -1.10. The van der Waals surface area contributed by atoms with Crippen LogP contribution in [0, 0.1) is 0 Å². The van der Waals surface area contributed by atoms with Crippen molar-refractivity contribution in [1.29, 1.82) is 0 Å². The summed E-state index contributed by atoms with van der Waals surface area (Å²) in [6, 6.07) is 5.73. The van der Waals surface area contributed by atoms with Crippen LogP contribution in [0.2, 0.25) is 5.02 Å². The van der Waals surface area contributed by atoms with Gasteiger partial charge in [-0.3, -0.25) is 4.79 Å².